The second-order valence-corrected chi connectivity index (χ2v) is 2.87. The summed E-state index contributed by atoms with van der Waals surface area (Å²) in [5.41, 5.74) is 1.73. The van der Waals surface area contributed by atoms with Gasteiger partial charge in [-0.3, -0.25) is 4.79 Å². The number of rotatable bonds is 3. The van der Waals surface area contributed by atoms with Gasteiger partial charge in [0.25, 0.3) is 0 Å². The van der Waals surface area contributed by atoms with Crippen molar-refractivity contribution in [2.24, 2.45) is 0 Å². The van der Waals surface area contributed by atoms with Crippen molar-refractivity contribution in [1.82, 2.24) is 0 Å². The van der Waals surface area contributed by atoms with Crippen LogP contribution in [0.4, 0.5) is 5.69 Å². The van der Waals surface area contributed by atoms with Gasteiger partial charge in [-0.2, -0.15) is 0 Å². The lowest BCUT2D eigenvalue weighted by Crippen LogP contribution is -2.08. The Bertz CT molecular complexity index is 358. The minimum atomic E-state index is -0.221. The van der Waals surface area contributed by atoms with Crippen LogP contribution in [-0.2, 0) is 4.79 Å². The van der Waals surface area contributed by atoms with Crippen LogP contribution in [0.15, 0.2) is 30.9 Å². The van der Waals surface area contributed by atoms with E-state index in [-0.39, 0.29) is 5.91 Å². The van der Waals surface area contributed by atoms with Gasteiger partial charge in [0, 0.05) is 11.8 Å². The molecule has 74 valence electrons. The topological polar surface area (TPSA) is 38.3 Å². The lowest BCUT2D eigenvalue weighted by molar-refractivity contribution is -0.111. The van der Waals surface area contributed by atoms with Crippen molar-refractivity contribution in [3.8, 4) is 5.75 Å². The Morgan fingerprint density at radius 1 is 1.57 bits per heavy atom. The molecule has 1 amide bonds. The molecule has 1 aromatic carbocycles. The lowest BCUT2D eigenvalue weighted by Gasteiger charge is -2.08. The Morgan fingerprint density at radius 2 is 2.29 bits per heavy atom. The van der Waals surface area contributed by atoms with E-state index in [9.17, 15) is 4.79 Å². The van der Waals surface area contributed by atoms with Gasteiger partial charge in [0.15, 0.2) is 0 Å². The Balaban J connectivity index is 2.94. The fraction of sp³-hybridized carbons (Fsp3) is 0.182. The third-order valence-electron chi connectivity index (χ3n) is 1.89. The van der Waals surface area contributed by atoms with Crippen LogP contribution in [0, 0.1) is 6.92 Å². The predicted octanol–water partition coefficient (Wildman–Crippen LogP) is 2.13. The SMILES string of the molecule is C=CC(=O)Nc1cc(OC)ccc1C. The first-order valence-electron chi connectivity index (χ1n) is 4.25. The summed E-state index contributed by atoms with van der Waals surface area (Å²) < 4.78 is 5.05. The molecule has 3 heteroatoms. The maximum atomic E-state index is 11.1. The highest BCUT2D eigenvalue weighted by molar-refractivity contribution is 5.99. The van der Waals surface area contributed by atoms with Crippen molar-refractivity contribution in [1.29, 1.82) is 0 Å². The Hall–Kier alpha value is -1.77. The van der Waals surface area contributed by atoms with Crippen LogP contribution >= 0.6 is 0 Å². The number of carbonyl (C=O) groups is 1. The summed E-state index contributed by atoms with van der Waals surface area (Å²) in [6, 6.07) is 5.51. The van der Waals surface area contributed by atoms with Crippen LogP contribution in [-0.4, -0.2) is 13.0 Å². The summed E-state index contributed by atoms with van der Waals surface area (Å²) in [6.07, 6.45) is 1.24. The molecule has 1 aromatic rings. The summed E-state index contributed by atoms with van der Waals surface area (Å²) in [6.45, 7) is 5.30. The molecular weight excluding hydrogens is 178 g/mol. The zero-order chi connectivity index (χ0) is 10.6. The first kappa shape index (κ1) is 10.3. The fourth-order valence-corrected chi connectivity index (χ4v) is 1.05. The summed E-state index contributed by atoms with van der Waals surface area (Å²) in [7, 11) is 1.59. The molecule has 3 nitrogen and oxygen atoms in total. The molecule has 0 saturated heterocycles. The van der Waals surface area contributed by atoms with Crippen molar-refractivity contribution in [3.63, 3.8) is 0 Å². The molecule has 14 heavy (non-hydrogen) atoms. The maximum Gasteiger partial charge on any atom is 0.247 e. The molecule has 0 heterocycles. The van der Waals surface area contributed by atoms with Crippen LogP contribution in [0.25, 0.3) is 0 Å². The first-order valence-corrected chi connectivity index (χ1v) is 4.25. The van der Waals surface area contributed by atoms with Crippen LogP contribution in [0.1, 0.15) is 5.56 Å². The van der Waals surface area contributed by atoms with Crippen LogP contribution in [0.5, 0.6) is 5.75 Å². The Morgan fingerprint density at radius 3 is 2.86 bits per heavy atom. The van der Waals surface area contributed by atoms with E-state index >= 15 is 0 Å². The first-order chi connectivity index (χ1) is 6.67. The highest BCUT2D eigenvalue weighted by Crippen LogP contribution is 2.21. The largest absolute Gasteiger partial charge is 0.497 e. The van der Waals surface area contributed by atoms with Gasteiger partial charge in [-0.15, -0.1) is 0 Å². The maximum absolute atomic E-state index is 11.1. The molecule has 0 aliphatic carbocycles. The number of methoxy groups -OCH3 is 1. The molecule has 0 saturated carbocycles. The van der Waals surface area contributed by atoms with E-state index in [1.165, 1.54) is 6.08 Å². The predicted molar refractivity (Wildman–Crippen MR) is 56.6 cm³/mol. The number of aryl methyl sites for hydroxylation is 1. The van der Waals surface area contributed by atoms with Crippen molar-refractivity contribution < 1.29 is 9.53 Å². The van der Waals surface area contributed by atoms with Crippen LogP contribution in [0.2, 0.25) is 0 Å². The van der Waals surface area contributed by atoms with Gasteiger partial charge < -0.3 is 10.1 Å². The van der Waals surface area contributed by atoms with E-state index in [1.807, 2.05) is 19.1 Å². The van der Waals surface area contributed by atoms with E-state index in [2.05, 4.69) is 11.9 Å². The number of hydrogen-bond donors (Lipinski definition) is 1. The van der Waals surface area contributed by atoms with Gasteiger partial charge in [-0.1, -0.05) is 12.6 Å². The average molecular weight is 191 g/mol. The smallest absolute Gasteiger partial charge is 0.247 e. The molecule has 1 N–H and O–H groups in total. The fourth-order valence-electron chi connectivity index (χ4n) is 1.05. The quantitative estimate of drug-likeness (QED) is 0.743. The van der Waals surface area contributed by atoms with E-state index in [1.54, 1.807) is 13.2 Å². The summed E-state index contributed by atoms with van der Waals surface area (Å²) in [4.78, 5) is 11.1. The average Bonchev–Trinajstić information content (AvgIpc) is 2.21. The summed E-state index contributed by atoms with van der Waals surface area (Å²) in [5.74, 6) is 0.497. The number of ether oxygens (including phenoxy) is 1. The van der Waals surface area contributed by atoms with E-state index < -0.39 is 0 Å². The molecule has 0 fully saturated rings. The van der Waals surface area contributed by atoms with Gasteiger partial charge >= 0.3 is 0 Å². The highest BCUT2D eigenvalue weighted by atomic mass is 16.5. The van der Waals surface area contributed by atoms with Crippen LogP contribution < -0.4 is 10.1 Å². The molecule has 0 aliphatic heterocycles. The molecule has 1 rings (SSSR count). The Labute approximate surface area is 83.4 Å². The normalized spacial score (nSPS) is 9.29. The van der Waals surface area contributed by atoms with Gasteiger partial charge in [0.05, 0.1) is 7.11 Å². The van der Waals surface area contributed by atoms with Gasteiger partial charge in [0.1, 0.15) is 5.75 Å². The standard InChI is InChI=1S/C11H13NO2/c1-4-11(13)12-10-7-9(14-3)6-5-8(10)2/h4-7H,1H2,2-3H3,(H,12,13). The number of hydrogen-bond acceptors (Lipinski definition) is 2. The second kappa shape index (κ2) is 4.46. The molecular formula is C11H13NO2. The molecule has 0 radical (unpaired) electrons. The monoisotopic (exact) mass is 191 g/mol. The van der Waals surface area contributed by atoms with E-state index in [0.29, 0.717) is 0 Å². The van der Waals surface area contributed by atoms with Gasteiger partial charge in [-0.05, 0) is 24.6 Å². The van der Waals surface area contributed by atoms with E-state index in [0.717, 1.165) is 17.0 Å². The number of benzene rings is 1. The van der Waals surface area contributed by atoms with Crippen molar-refractivity contribution >= 4 is 11.6 Å². The molecule has 0 aromatic heterocycles. The van der Waals surface area contributed by atoms with Gasteiger partial charge in [-0.25, -0.2) is 0 Å². The number of carbonyl (C=O) groups excluding carboxylic acids is 1. The molecule has 0 atom stereocenters. The zero-order valence-electron chi connectivity index (χ0n) is 8.33. The molecule has 0 spiro atoms. The zero-order valence-corrected chi connectivity index (χ0v) is 8.33. The van der Waals surface area contributed by atoms with E-state index in [4.69, 9.17) is 4.74 Å². The van der Waals surface area contributed by atoms with Crippen molar-refractivity contribution in [3.05, 3.63) is 36.4 Å². The van der Waals surface area contributed by atoms with Crippen molar-refractivity contribution in [2.45, 2.75) is 6.92 Å². The third kappa shape index (κ3) is 2.36. The minimum absolute atomic E-state index is 0.221. The minimum Gasteiger partial charge on any atom is -0.497 e. The third-order valence-corrected chi connectivity index (χ3v) is 1.89. The highest BCUT2D eigenvalue weighted by Gasteiger charge is 2.02. The van der Waals surface area contributed by atoms with Gasteiger partial charge in [0.2, 0.25) is 5.91 Å². The lowest BCUT2D eigenvalue weighted by atomic mass is 10.2. The van der Waals surface area contributed by atoms with Crippen LogP contribution in [0.3, 0.4) is 0 Å². The van der Waals surface area contributed by atoms with Crippen molar-refractivity contribution in [2.75, 3.05) is 12.4 Å². The Kier molecular flexibility index (Phi) is 3.29. The molecule has 0 bridgehead atoms. The molecule has 0 aliphatic rings. The number of nitrogens with one attached hydrogen (secondary N) is 1. The summed E-state index contributed by atoms with van der Waals surface area (Å²) >= 11 is 0. The summed E-state index contributed by atoms with van der Waals surface area (Å²) in [5, 5.41) is 2.70. The number of anilines is 1. The number of amides is 1. The second-order valence-electron chi connectivity index (χ2n) is 2.87. The molecule has 0 unspecified atom stereocenters.